The number of nitrogens with one attached hydrogen (secondary N) is 1. The molecule has 0 saturated carbocycles. The van der Waals surface area contributed by atoms with Gasteiger partial charge < -0.3 is 10.1 Å². The van der Waals surface area contributed by atoms with Gasteiger partial charge in [0.05, 0.1) is 10.4 Å². The van der Waals surface area contributed by atoms with Crippen molar-refractivity contribution in [2.45, 2.75) is 6.92 Å². The van der Waals surface area contributed by atoms with Crippen LogP contribution in [0, 0.1) is 6.92 Å². The van der Waals surface area contributed by atoms with Crippen molar-refractivity contribution in [2.24, 2.45) is 0 Å². The summed E-state index contributed by atoms with van der Waals surface area (Å²) in [6.45, 7) is 1.92. The summed E-state index contributed by atoms with van der Waals surface area (Å²) >= 11 is 1.33. The summed E-state index contributed by atoms with van der Waals surface area (Å²) in [4.78, 5) is 18.3. The number of nitrogens with zero attached hydrogens (tertiary/aromatic N) is 1. The van der Waals surface area contributed by atoms with E-state index >= 15 is 0 Å². The van der Waals surface area contributed by atoms with Crippen LogP contribution in [-0.4, -0.2) is 21.0 Å². The minimum atomic E-state index is -0.986. The molecular formula is C9H8N2O2S. The molecule has 0 unspecified atom stereocenters. The molecule has 0 aliphatic carbocycles. The van der Waals surface area contributed by atoms with Crippen LogP contribution in [0.4, 0.5) is 0 Å². The zero-order valence-corrected chi connectivity index (χ0v) is 8.26. The molecule has 2 N–H and O–H groups in total. The molecule has 2 aromatic heterocycles. The first-order valence-corrected chi connectivity index (χ1v) is 4.88. The number of carboxylic acids is 1. The number of carboxylic acid groups (broad SMARTS) is 1. The second-order valence-electron chi connectivity index (χ2n) is 2.91. The molecule has 0 saturated heterocycles. The Balaban J connectivity index is 2.51. The molecule has 0 aliphatic heterocycles. The van der Waals surface area contributed by atoms with Crippen LogP contribution in [0.15, 0.2) is 17.8 Å². The van der Waals surface area contributed by atoms with Crippen molar-refractivity contribution in [3.05, 3.63) is 29.2 Å². The molecule has 4 nitrogen and oxygen atoms in total. The number of rotatable bonds is 2. The first-order chi connectivity index (χ1) is 6.68. The van der Waals surface area contributed by atoms with Crippen molar-refractivity contribution < 1.29 is 9.90 Å². The minimum absolute atomic E-state index is 0.119. The van der Waals surface area contributed by atoms with E-state index in [9.17, 15) is 4.79 Å². The molecule has 0 spiro atoms. The van der Waals surface area contributed by atoms with E-state index in [4.69, 9.17) is 5.11 Å². The lowest BCUT2D eigenvalue weighted by molar-refractivity contribution is 0.0692. The van der Waals surface area contributed by atoms with Gasteiger partial charge in [0.15, 0.2) is 5.69 Å². The summed E-state index contributed by atoms with van der Waals surface area (Å²) < 4.78 is 0. The Morgan fingerprint density at radius 3 is 3.00 bits per heavy atom. The van der Waals surface area contributed by atoms with Gasteiger partial charge in [-0.15, -0.1) is 11.3 Å². The first-order valence-electron chi connectivity index (χ1n) is 4.00. The number of aromatic nitrogens is 2. The van der Waals surface area contributed by atoms with Crippen LogP contribution in [0.25, 0.3) is 10.4 Å². The van der Waals surface area contributed by atoms with Crippen LogP contribution in [0.1, 0.15) is 16.2 Å². The van der Waals surface area contributed by atoms with Crippen molar-refractivity contribution in [1.29, 1.82) is 0 Å². The summed E-state index contributed by atoms with van der Waals surface area (Å²) in [7, 11) is 0. The van der Waals surface area contributed by atoms with Gasteiger partial charge in [-0.05, 0) is 13.0 Å². The van der Waals surface area contributed by atoms with Crippen LogP contribution in [0.5, 0.6) is 0 Å². The van der Waals surface area contributed by atoms with Crippen LogP contribution in [0.2, 0.25) is 0 Å². The van der Waals surface area contributed by atoms with Gasteiger partial charge in [-0.3, -0.25) is 0 Å². The summed E-state index contributed by atoms with van der Waals surface area (Å²) in [5.74, 6) is -0.986. The maximum Gasteiger partial charge on any atom is 0.356 e. The predicted octanol–water partition coefficient (Wildman–Crippen LogP) is 2.14. The molecular weight excluding hydrogens is 200 g/mol. The summed E-state index contributed by atoms with van der Waals surface area (Å²) in [5, 5.41) is 8.86. The van der Waals surface area contributed by atoms with E-state index in [2.05, 4.69) is 9.97 Å². The van der Waals surface area contributed by atoms with Gasteiger partial charge in [0.1, 0.15) is 0 Å². The second-order valence-corrected chi connectivity index (χ2v) is 3.76. The number of thiazole rings is 1. The van der Waals surface area contributed by atoms with E-state index in [0.717, 1.165) is 11.3 Å². The summed E-state index contributed by atoms with van der Waals surface area (Å²) in [6, 6.07) is 1.90. The van der Waals surface area contributed by atoms with Crippen molar-refractivity contribution in [2.75, 3.05) is 0 Å². The van der Waals surface area contributed by atoms with Crippen molar-refractivity contribution >= 4 is 17.3 Å². The highest BCUT2D eigenvalue weighted by Gasteiger charge is 2.15. The molecule has 2 aromatic rings. The molecule has 2 rings (SSSR count). The summed E-state index contributed by atoms with van der Waals surface area (Å²) in [6.07, 6.45) is 1.79. The fraction of sp³-hybridized carbons (Fsp3) is 0.111. The van der Waals surface area contributed by atoms with Gasteiger partial charge in [0.25, 0.3) is 0 Å². The Morgan fingerprint density at radius 2 is 2.43 bits per heavy atom. The Kier molecular flexibility index (Phi) is 2.09. The third kappa shape index (κ3) is 1.42. The third-order valence-corrected chi connectivity index (χ3v) is 2.74. The zero-order chi connectivity index (χ0) is 10.1. The van der Waals surface area contributed by atoms with E-state index in [1.54, 1.807) is 11.7 Å². The van der Waals surface area contributed by atoms with Crippen molar-refractivity contribution in [1.82, 2.24) is 9.97 Å². The topological polar surface area (TPSA) is 66.0 Å². The minimum Gasteiger partial charge on any atom is -0.476 e. The molecule has 72 valence electrons. The van der Waals surface area contributed by atoms with E-state index in [0.29, 0.717) is 4.88 Å². The molecule has 0 radical (unpaired) electrons. The molecule has 0 amide bonds. The van der Waals surface area contributed by atoms with E-state index in [1.165, 1.54) is 11.3 Å². The molecule has 2 heterocycles. The average Bonchev–Trinajstić information content (AvgIpc) is 2.70. The fourth-order valence-electron chi connectivity index (χ4n) is 1.24. The van der Waals surface area contributed by atoms with Gasteiger partial charge >= 0.3 is 5.97 Å². The molecule has 0 atom stereocenters. The monoisotopic (exact) mass is 208 g/mol. The van der Waals surface area contributed by atoms with Crippen LogP contribution < -0.4 is 0 Å². The maximum atomic E-state index is 10.8. The lowest BCUT2D eigenvalue weighted by Crippen LogP contribution is -1.97. The molecule has 0 aliphatic rings. The van der Waals surface area contributed by atoms with E-state index < -0.39 is 5.97 Å². The number of hydrogen-bond donors (Lipinski definition) is 2. The van der Waals surface area contributed by atoms with Gasteiger partial charge in [-0.2, -0.15) is 0 Å². The highest BCUT2D eigenvalue weighted by atomic mass is 32.1. The van der Waals surface area contributed by atoms with Crippen LogP contribution in [-0.2, 0) is 0 Å². The zero-order valence-electron chi connectivity index (χ0n) is 7.44. The quantitative estimate of drug-likeness (QED) is 0.794. The standard InChI is InChI=1S/C9H8N2O2S/c1-5-2-6(3-10-5)8-7(9(12)13)11-4-14-8/h2-4,10H,1H3,(H,12,13). The lowest BCUT2D eigenvalue weighted by Gasteiger charge is -1.92. The van der Waals surface area contributed by atoms with Crippen LogP contribution in [0.3, 0.4) is 0 Å². The van der Waals surface area contributed by atoms with Crippen LogP contribution >= 0.6 is 11.3 Å². The fourth-order valence-corrected chi connectivity index (χ4v) is 2.01. The highest BCUT2D eigenvalue weighted by molar-refractivity contribution is 7.13. The maximum absolute atomic E-state index is 10.8. The smallest absolute Gasteiger partial charge is 0.356 e. The Labute approximate surface area is 84.2 Å². The number of H-pyrrole nitrogens is 1. The number of hydrogen-bond acceptors (Lipinski definition) is 3. The molecule has 0 aromatic carbocycles. The average molecular weight is 208 g/mol. The Morgan fingerprint density at radius 1 is 1.64 bits per heavy atom. The number of carbonyl (C=O) groups is 1. The predicted molar refractivity (Wildman–Crippen MR) is 53.6 cm³/mol. The molecule has 14 heavy (non-hydrogen) atoms. The first kappa shape index (κ1) is 8.96. The lowest BCUT2D eigenvalue weighted by atomic mass is 10.2. The molecule has 0 bridgehead atoms. The number of aryl methyl sites for hydroxylation is 1. The molecule has 0 fully saturated rings. The second kappa shape index (κ2) is 3.26. The van der Waals surface area contributed by atoms with Gasteiger partial charge in [-0.25, -0.2) is 9.78 Å². The van der Waals surface area contributed by atoms with E-state index in [1.807, 2.05) is 13.0 Å². The highest BCUT2D eigenvalue weighted by Crippen LogP contribution is 2.27. The normalized spacial score (nSPS) is 10.4. The third-order valence-electron chi connectivity index (χ3n) is 1.86. The van der Waals surface area contributed by atoms with Crippen molar-refractivity contribution in [3.63, 3.8) is 0 Å². The number of aromatic carboxylic acids is 1. The Hall–Kier alpha value is -1.62. The summed E-state index contributed by atoms with van der Waals surface area (Å²) in [5.41, 5.74) is 3.54. The number of aromatic amines is 1. The van der Waals surface area contributed by atoms with Crippen molar-refractivity contribution in [3.8, 4) is 10.4 Å². The van der Waals surface area contributed by atoms with Gasteiger partial charge in [0, 0.05) is 17.5 Å². The van der Waals surface area contributed by atoms with Gasteiger partial charge in [0.2, 0.25) is 0 Å². The molecule has 5 heteroatoms. The Bertz CT molecular complexity index is 473. The SMILES string of the molecule is Cc1cc(-c2scnc2C(=O)O)c[nH]1. The van der Waals surface area contributed by atoms with E-state index in [-0.39, 0.29) is 5.69 Å². The van der Waals surface area contributed by atoms with Gasteiger partial charge in [-0.1, -0.05) is 0 Å². The largest absolute Gasteiger partial charge is 0.476 e.